The van der Waals surface area contributed by atoms with Crippen molar-refractivity contribution in [3.05, 3.63) is 94.3 Å². The van der Waals surface area contributed by atoms with Crippen molar-refractivity contribution in [2.75, 3.05) is 11.9 Å². The maximum Gasteiger partial charge on any atom is 0.132 e. The quantitative estimate of drug-likeness (QED) is 0.291. The molecule has 2 unspecified atom stereocenters. The number of rotatable bonds is 10. The molecule has 1 N–H and O–H groups in total. The van der Waals surface area contributed by atoms with Crippen LogP contribution >= 0.6 is 11.6 Å². The number of hydrogen-bond acceptors (Lipinski definition) is 4. The van der Waals surface area contributed by atoms with Crippen LogP contribution < -0.4 is 10.1 Å². The average Bonchev–Trinajstić information content (AvgIpc) is 2.82. The lowest BCUT2D eigenvalue weighted by atomic mass is 9.87. The van der Waals surface area contributed by atoms with Gasteiger partial charge >= 0.3 is 0 Å². The highest BCUT2D eigenvalue weighted by Crippen LogP contribution is 2.44. The van der Waals surface area contributed by atoms with Crippen LogP contribution in [0.5, 0.6) is 5.75 Å². The summed E-state index contributed by atoms with van der Waals surface area (Å²) < 4.78 is 32.9. The predicted molar refractivity (Wildman–Crippen MR) is 139 cm³/mol. The molecule has 3 aromatic carbocycles. The van der Waals surface area contributed by atoms with Crippen molar-refractivity contribution in [1.82, 2.24) is 0 Å². The average molecular weight is 498 g/mol. The molecule has 6 heteroatoms. The number of anilines is 1. The van der Waals surface area contributed by atoms with Gasteiger partial charge < -0.3 is 19.5 Å². The Labute approximate surface area is 212 Å². The fourth-order valence-electron chi connectivity index (χ4n) is 4.33. The number of benzene rings is 3. The molecule has 0 saturated heterocycles. The molecule has 0 bridgehead atoms. The first-order valence-corrected chi connectivity index (χ1v) is 12.5. The largest absolute Gasteiger partial charge is 0.485 e. The lowest BCUT2D eigenvalue weighted by Crippen LogP contribution is -2.51. The van der Waals surface area contributed by atoms with E-state index in [9.17, 15) is 4.39 Å². The predicted octanol–water partition coefficient (Wildman–Crippen LogP) is 7.71. The first kappa shape index (κ1) is 25.5. The van der Waals surface area contributed by atoms with E-state index in [4.69, 9.17) is 25.8 Å². The summed E-state index contributed by atoms with van der Waals surface area (Å²) in [6, 6.07) is 20.3. The molecule has 3 aromatic rings. The summed E-state index contributed by atoms with van der Waals surface area (Å²) >= 11 is 6.13. The zero-order valence-corrected chi connectivity index (χ0v) is 21.3. The van der Waals surface area contributed by atoms with Gasteiger partial charge in [-0.2, -0.15) is 0 Å². The van der Waals surface area contributed by atoms with E-state index < -0.39 is 5.60 Å². The Bertz CT molecular complexity index is 1140. The number of ether oxygens (including phenoxy) is 3. The van der Waals surface area contributed by atoms with Gasteiger partial charge in [0.1, 0.15) is 29.4 Å². The third-order valence-electron chi connectivity index (χ3n) is 6.15. The molecule has 35 heavy (non-hydrogen) atoms. The number of halogens is 2. The van der Waals surface area contributed by atoms with Crippen LogP contribution in [-0.2, 0) is 22.6 Å². The van der Waals surface area contributed by atoms with Gasteiger partial charge in [0, 0.05) is 29.4 Å². The normalized spacial score (nSPS) is 18.5. The van der Waals surface area contributed by atoms with Crippen molar-refractivity contribution in [1.29, 1.82) is 0 Å². The van der Waals surface area contributed by atoms with Crippen LogP contribution in [0.15, 0.2) is 66.7 Å². The SMILES string of the molecule is CCCCOC1c2cc(NCc3cccc(Cl)c3)ccc2OC(C)(C)C1OCc1cccc(F)c1. The molecule has 0 aromatic heterocycles. The Morgan fingerprint density at radius 3 is 2.57 bits per heavy atom. The van der Waals surface area contributed by atoms with Gasteiger partial charge in [0.2, 0.25) is 0 Å². The van der Waals surface area contributed by atoms with E-state index in [0.717, 1.165) is 41.0 Å². The number of hydrogen-bond donors (Lipinski definition) is 1. The molecule has 4 rings (SSSR count). The molecule has 0 radical (unpaired) electrons. The summed E-state index contributed by atoms with van der Waals surface area (Å²) in [5, 5.41) is 4.19. The molecule has 0 amide bonds. The standard InChI is InChI=1S/C29H33ClFNO3/c1-4-5-14-33-27-25-17-24(32-18-20-8-6-10-22(30)15-20)12-13-26(25)35-29(2,3)28(27)34-19-21-9-7-11-23(31)16-21/h6-13,15-17,27-28,32H,4-5,14,18-19H2,1-3H3. The summed E-state index contributed by atoms with van der Waals surface area (Å²) in [6.07, 6.45) is 1.30. The van der Waals surface area contributed by atoms with Crippen molar-refractivity contribution in [2.24, 2.45) is 0 Å². The van der Waals surface area contributed by atoms with E-state index in [1.165, 1.54) is 12.1 Å². The van der Waals surface area contributed by atoms with Crippen LogP contribution in [0, 0.1) is 5.82 Å². The number of unbranched alkanes of at least 4 members (excludes halogenated alkanes) is 1. The van der Waals surface area contributed by atoms with Crippen molar-refractivity contribution in [3.63, 3.8) is 0 Å². The minimum absolute atomic E-state index is 0.269. The zero-order valence-electron chi connectivity index (χ0n) is 20.5. The molecule has 0 saturated carbocycles. The van der Waals surface area contributed by atoms with E-state index in [-0.39, 0.29) is 24.6 Å². The highest BCUT2D eigenvalue weighted by Gasteiger charge is 2.45. The number of nitrogens with one attached hydrogen (secondary N) is 1. The van der Waals surface area contributed by atoms with Crippen molar-refractivity contribution >= 4 is 17.3 Å². The van der Waals surface area contributed by atoms with Crippen LogP contribution in [0.2, 0.25) is 5.02 Å². The molecular weight excluding hydrogens is 465 g/mol. The number of fused-ring (bicyclic) bond motifs is 1. The summed E-state index contributed by atoms with van der Waals surface area (Å²) in [5.74, 6) is 0.511. The Morgan fingerprint density at radius 2 is 1.80 bits per heavy atom. The third kappa shape index (κ3) is 6.54. The summed E-state index contributed by atoms with van der Waals surface area (Å²) in [4.78, 5) is 0. The molecule has 1 aliphatic rings. The highest BCUT2D eigenvalue weighted by molar-refractivity contribution is 6.30. The van der Waals surface area contributed by atoms with Crippen LogP contribution in [0.25, 0.3) is 0 Å². The van der Waals surface area contributed by atoms with Crippen LogP contribution in [0.3, 0.4) is 0 Å². The molecule has 4 nitrogen and oxygen atoms in total. The van der Waals surface area contributed by atoms with Gasteiger partial charge in [-0.25, -0.2) is 4.39 Å². The minimum Gasteiger partial charge on any atom is -0.485 e. The van der Waals surface area contributed by atoms with Gasteiger partial charge in [-0.3, -0.25) is 0 Å². The van der Waals surface area contributed by atoms with Gasteiger partial charge in [0.15, 0.2) is 0 Å². The lowest BCUT2D eigenvalue weighted by Gasteiger charge is -2.44. The van der Waals surface area contributed by atoms with E-state index >= 15 is 0 Å². The smallest absolute Gasteiger partial charge is 0.132 e. The molecule has 0 aliphatic carbocycles. The Balaban J connectivity index is 1.58. The van der Waals surface area contributed by atoms with Crippen LogP contribution in [0.1, 0.15) is 56.4 Å². The topological polar surface area (TPSA) is 39.7 Å². The second-order valence-corrected chi connectivity index (χ2v) is 9.88. The second-order valence-electron chi connectivity index (χ2n) is 9.45. The summed E-state index contributed by atoms with van der Waals surface area (Å²) in [7, 11) is 0. The molecule has 0 spiro atoms. The fraction of sp³-hybridized carbons (Fsp3) is 0.379. The van der Waals surface area contributed by atoms with Gasteiger partial charge in [-0.05, 0) is 73.9 Å². The monoisotopic (exact) mass is 497 g/mol. The van der Waals surface area contributed by atoms with Gasteiger partial charge in [0.25, 0.3) is 0 Å². The van der Waals surface area contributed by atoms with Crippen LogP contribution in [0.4, 0.5) is 10.1 Å². The fourth-order valence-corrected chi connectivity index (χ4v) is 4.54. The molecule has 1 heterocycles. The lowest BCUT2D eigenvalue weighted by molar-refractivity contribution is -0.167. The van der Waals surface area contributed by atoms with Crippen molar-refractivity contribution in [2.45, 2.75) is 64.6 Å². The summed E-state index contributed by atoms with van der Waals surface area (Å²) in [5.41, 5.74) is 3.14. The second kappa shape index (κ2) is 11.4. The molecule has 2 atom stereocenters. The third-order valence-corrected chi connectivity index (χ3v) is 6.38. The molecule has 186 valence electrons. The van der Waals surface area contributed by atoms with E-state index in [1.54, 1.807) is 6.07 Å². The molecule has 1 aliphatic heterocycles. The zero-order chi connectivity index (χ0) is 24.8. The van der Waals surface area contributed by atoms with E-state index in [0.29, 0.717) is 18.2 Å². The molecular formula is C29H33ClFNO3. The Hall–Kier alpha value is -2.60. The van der Waals surface area contributed by atoms with E-state index in [1.807, 2.05) is 56.3 Å². The Morgan fingerprint density at radius 1 is 1.00 bits per heavy atom. The Kier molecular flexibility index (Phi) is 8.32. The van der Waals surface area contributed by atoms with Crippen molar-refractivity contribution < 1.29 is 18.6 Å². The van der Waals surface area contributed by atoms with Crippen LogP contribution in [-0.4, -0.2) is 18.3 Å². The first-order chi connectivity index (χ1) is 16.9. The minimum atomic E-state index is -0.632. The highest BCUT2D eigenvalue weighted by atomic mass is 35.5. The van der Waals surface area contributed by atoms with Gasteiger partial charge in [-0.1, -0.05) is 49.2 Å². The van der Waals surface area contributed by atoms with Gasteiger partial charge in [-0.15, -0.1) is 0 Å². The maximum absolute atomic E-state index is 13.7. The van der Waals surface area contributed by atoms with E-state index in [2.05, 4.69) is 18.3 Å². The first-order valence-electron chi connectivity index (χ1n) is 12.1. The van der Waals surface area contributed by atoms with Crippen molar-refractivity contribution in [3.8, 4) is 5.75 Å². The summed E-state index contributed by atoms with van der Waals surface area (Å²) in [6.45, 7) is 7.69. The van der Waals surface area contributed by atoms with Gasteiger partial charge in [0.05, 0.1) is 6.61 Å². The molecule has 0 fully saturated rings. The maximum atomic E-state index is 13.7.